The van der Waals surface area contributed by atoms with Gasteiger partial charge >= 0.3 is 0 Å². The molecule has 1 heterocycles. The van der Waals surface area contributed by atoms with E-state index in [4.69, 9.17) is 9.47 Å². The molecule has 4 heteroatoms. The summed E-state index contributed by atoms with van der Waals surface area (Å²) in [5.41, 5.74) is 0. The van der Waals surface area contributed by atoms with Gasteiger partial charge in [0.05, 0.1) is 12.7 Å². The zero-order chi connectivity index (χ0) is 13.2. The molecule has 0 spiro atoms. The predicted molar refractivity (Wildman–Crippen MR) is 75.0 cm³/mol. The van der Waals surface area contributed by atoms with Crippen molar-refractivity contribution >= 4 is 0 Å². The topological polar surface area (TPSA) is 33.7 Å². The Morgan fingerprint density at radius 2 is 2.06 bits per heavy atom. The lowest BCUT2D eigenvalue weighted by atomic mass is 10.1. The maximum absolute atomic E-state index is 5.92. The smallest absolute Gasteiger partial charge is 0.0615 e. The highest BCUT2D eigenvalue weighted by atomic mass is 16.5. The van der Waals surface area contributed by atoms with Crippen molar-refractivity contribution in [2.24, 2.45) is 0 Å². The van der Waals surface area contributed by atoms with Crippen LogP contribution in [0.15, 0.2) is 0 Å². The van der Waals surface area contributed by atoms with Crippen LogP contribution >= 0.6 is 0 Å². The van der Waals surface area contributed by atoms with Gasteiger partial charge in [-0.1, -0.05) is 6.92 Å². The maximum atomic E-state index is 5.92. The van der Waals surface area contributed by atoms with Gasteiger partial charge in [0.1, 0.15) is 0 Å². The van der Waals surface area contributed by atoms with E-state index in [0.29, 0.717) is 12.1 Å². The number of methoxy groups -OCH3 is 1. The van der Waals surface area contributed by atoms with Crippen molar-refractivity contribution in [3.05, 3.63) is 0 Å². The zero-order valence-electron chi connectivity index (χ0n) is 12.3. The Hall–Kier alpha value is -0.160. The minimum absolute atomic E-state index is 0.484. The summed E-state index contributed by atoms with van der Waals surface area (Å²) in [6.45, 7) is 10.5. The molecule has 0 aromatic rings. The van der Waals surface area contributed by atoms with Gasteiger partial charge in [-0.3, -0.25) is 4.90 Å². The largest absolute Gasteiger partial charge is 0.383 e. The van der Waals surface area contributed by atoms with Crippen LogP contribution in [0.25, 0.3) is 0 Å². The van der Waals surface area contributed by atoms with Gasteiger partial charge < -0.3 is 14.8 Å². The second-order valence-electron chi connectivity index (χ2n) is 5.11. The molecule has 1 saturated heterocycles. The molecule has 0 bridgehead atoms. The summed E-state index contributed by atoms with van der Waals surface area (Å²) in [5, 5.41) is 3.36. The van der Waals surface area contributed by atoms with Crippen LogP contribution in [0.1, 0.15) is 33.1 Å². The number of likely N-dealkylation sites (N-methyl/N-ethyl adjacent to an activating group) is 1. The Morgan fingerprint density at radius 3 is 2.67 bits per heavy atom. The molecule has 0 saturated carbocycles. The molecular weight excluding hydrogens is 228 g/mol. The number of rotatable bonds is 9. The first kappa shape index (κ1) is 15.9. The molecule has 0 aromatic heterocycles. The average Bonchev–Trinajstić information content (AvgIpc) is 2.40. The highest BCUT2D eigenvalue weighted by Gasteiger charge is 2.14. The van der Waals surface area contributed by atoms with Crippen LogP contribution in [0.2, 0.25) is 0 Å². The molecule has 108 valence electrons. The quantitative estimate of drug-likeness (QED) is 0.636. The van der Waals surface area contributed by atoms with Crippen LogP contribution in [0.3, 0.4) is 0 Å². The highest BCUT2D eigenvalue weighted by Crippen LogP contribution is 2.08. The minimum Gasteiger partial charge on any atom is -0.383 e. The van der Waals surface area contributed by atoms with E-state index in [1.165, 1.54) is 0 Å². The predicted octanol–water partition coefficient (Wildman–Crippen LogP) is 1.50. The maximum Gasteiger partial charge on any atom is 0.0615 e. The van der Waals surface area contributed by atoms with E-state index in [1.807, 2.05) is 0 Å². The van der Waals surface area contributed by atoms with Crippen molar-refractivity contribution in [3.63, 3.8) is 0 Å². The molecule has 1 aliphatic rings. The normalized spacial score (nSPS) is 19.3. The Morgan fingerprint density at radius 1 is 1.33 bits per heavy atom. The first-order valence-corrected chi connectivity index (χ1v) is 7.33. The molecule has 1 atom stereocenters. The van der Waals surface area contributed by atoms with Crippen LogP contribution in [0.5, 0.6) is 0 Å². The molecule has 1 N–H and O–H groups in total. The third kappa shape index (κ3) is 6.14. The molecule has 1 rings (SSSR count). The summed E-state index contributed by atoms with van der Waals surface area (Å²) in [6.07, 6.45) is 3.93. The summed E-state index contributed by atoms with van der Waals surface area (Å²) in [5.74, 6) is 0. The summed E-state index contributed by atoms with van der Waals surface area (Å²) in [4.78, 5) is 2.45. The van der Waals surface area contributed by atoms with Crippen molar-refractivity contribution in [1.82, 2.24) is 10.2 Å². The number of nitrogens with one attached hydrogen (secondary N) is 1. The highest BCUT2D eigenvalue weighted by molar-refractivity contribution is 4.69. The van der Waals surface area contributed by atoms with E-state index in [9.17, 15) is 0 Å². The van der Waals surface area contributed by atoms with Gasteiger partial charge in [-0.15, -0.1) is 0 Å². The Bertz CT molecular complexity index is 196. The first-order valence-electron chi connectivity index (χ1n) is 7.33. The average molecular weight is 258 g/mol. The minimum atomic E-state index is 0.484. The number of hydrogen-bond acceptors (Lipinski definition) is 4. The number of hydrogen-bond donors (Lipinski definition) is 1. The van der Waals surface area contributed by atoms with Crippen molar-refractivity contribution in [1.29, 1.82) is 0 Å². The number of piperidine rings is 1. The van der Waals surface area contributed by atoms with Crippen LogP contribution in [0.4, 0.5) is 0 Å². The number of nitrogens with zero attached hydrogens (tertiary/aromatic N) is 1. The molecule has 0 radical (unpaired) electrons. The second-order valence-corrected chi connectivity index (χ2v) is 5.11. The van der Waals surface area contributed by atoms with Crippen LogP contribution in [0, 0.1) is 0 Å². The summed E-state index contributed by atoms with van der Waals surface area (Å²) >= 11 is 0. The van der Waals surface area contributed by atoms with Crippen LogP contribution in [-0.2, 0) is 9.47 Å². The fourth-order valence-electron chi connectivity index (χ4n) is 2.52. The molecule has 0 aliphatic carbocycles. The molecule has 1 unspecified atom stereocenters. The molecule has 4 nitrogen and oxygen atoms in total. The third-order valence-electron chi connectivity index (χ3n) is 3.67. The summed E-state index contributed by atoms with van der Waals surface area (Å²) in [7, 11) is 1.77. The molecule has 18 heavy (non-hydrogen) atoms. The molecular formula is C14H30N2O2. The van der Waals surface area contributed by atoms with Crippen LogP contribution < -0.4 is 5.32 Å². The lowest BCUT2D eigenvalue weighted by Crippen LogP contribution is -2.37. The van der Waals surface area contributed by atoms with E-state index in [0.717, 1.165) is 58.7 Å². The SMILES string of the molecule is CCN(CCCOC1CCNCC1)C(C)COC. The van der Waals surface area contributed by atoms with Gasteiger partial charge in [0.15, 0.2) is 0 Å². The number of ether oxygens (including phenoxy) is 2. The second kappa shape index (κ2) is 9.73. The van der Waals surface area contributed by atoms with E-state index < -0.39 is 0 Å². The van der Waals surface area contributed by atoms with Crippen molar-refractivity contribution < 1.29 is 9.47 Å². The summed E-state index contributed by atoms with van der Waals surface area (Å²) in [6, 6.07) is 0.499. The first-order chi connectivity index (χ1) is 8.77. The van der Waals surface area contributed by atoms with Gasteiger partial charge in [-0.05, 0) is 45.8 Å². The fraction of sp³-hybridized carbons (Fsp3) is 1.00. The van der Waals surface area contributed by atoms with Gasteiger partial charge in [-0.2, -0.15) is 0 Å². The fourth-order valence-corrected chi connectivity index (χ4v) is 2.52. The molecule has 0 amide bonds. The van der Waals surface area contributed by atoms with Gasteiger partial charge in [0.2, 0.25) is 0 Å². The van der Waals surface area contributed by atoms with E-state index in [2.05, 4.69) is 24.1 Å². The van der Waals surface area contributed by atoms with Crippen molar-refractivity contribution in [2.75, 3.05) is 46.5 Å². The van der Waals surface area contributed by atoms with Crippen LogP contribution in [-0.4, -0.2) is 63.5 Å². The lowest BCUT2D eigenvalue weighted by molar-refractivity contribution is 0.0237. The van der Waals surface area contributed by atoms with Crippen molar-refractivity contribution in [2.45, 2.75) is 45.3 Å². The van der Waals surface area contributed by atoms with E-state index >= 15 is 0 Å². The molecule has 0 aromatic carbocycles. The standard InChI is InChI=1S/C14H30N2O2/c1-4-16(13(2)12-17-3)10-5-11-18-14-6-8-15-9-7-14/h13-15H,4-12H2,1-3H3. The Balaban J connectivity index is 2.07. The third-order valence-corrected chi connectivity index (χ3v) is 3.67. The Kier molecular flexibility index (Phi) is 8.59. The van der Waals surface area contributed by atoms with Gasteiger partial charge in [-0.25, -0.2) is 0 Å². The molecule has 1 aliphatic heterocycles. The lowest BCUT2D eigenvalue weighted by Gasteiger charge is -2.28. The van der Waals surface area contributed by atoms with E-state index in [1.54, 1.807) is 7.11 Å². The van der Waals surface area contributed by atoms with E-state index in [-0.39, 0.29) is 0 Å². The summed E-state index contributed by atoms with van der Waals surface area (Å²) < 4.78 is 11.1. The Labute approximate surface area is 112 Å². The van der Waals surface area contributed by atoms with Gasteiger partial charge in [0.25, 0.3) is 0 Å². The monoisotopic (exact) mass is 258 g/mol. The van der Waals surface area contributed by atoms with Gasteiger partial charge in [0, 0.05) is 26.3 Å². The zero-order valence-corrected chi connectivity index (χ0v) is 12.3. The van der Waals surface area contributed by atoms with Crippen molar-refractivity contribution in [3.8, 4) is 0 Å². The molecule has 1 fully saturated rings.